The van der Waals surface area contributed by atoms with Gasteiger partial charge < -0.3 is 14.4 Å². The number of rotatable bonds is 3. The van der Waals surface area contributed by atoms with Crippen molar-refractivity contribution in [1.29, 1.82) is 0 Å². The van der Waals surface area contributed by atoms with Crippen LogP contribution in [0.1, 0.15) is 20.3 Å². The molecule has 1 aromatic carbocycles. The summed E-state index contributed by atoms with van der Waals surface area (Å²) in [5, 5.41) is 0. The topological polar surface area (TPSA) is 59.1 Å². The van der Waals surface area contributed by atoms with Gasteiger partial charge in [0.2, 0.25) is 11.8 Å². The molecule has 2 fully saturated rings. The van der Waals surface area contributed by atoms with E-state index in [1.54, 1.807) is 16.9 Å². The Bertz CT molecular complexity index is 638. The number of ether oxygens (including phenoxy) is 2. The summed E-state index contributed by atoms with van der Waals surface area (Å²) in [7, 11) is 1.57. The highest BCUT2D eigenvalue weighted by Gasteiger charge is 2.50. The van der Waals surface area contributed by atoms with Gasteiger partial charge in [-0.05, 0) is 18.6 Å². The van der Waals surface area contributed by atoms with Gasteiger partial charge >= 0.3 is 0 Å². The Hall–Kier alpha value is -2.08. The number of amides is 2. The van der Waals surface area contributed by atoms with Crippen molar-refractivity contribution >= 4 is 17.5 Å². The Kier molecular flexibility index (Phi) is 4.49. The Morgan fingerprint density at radius 2 is 1.92 bits per heavy atom. The highest BCUT2D eigenvalue weighted by atomic mass is 16.5. The van der Waals surface area contributed by atoms with Crippen molar-refractivity contribution in [3.8, 4) is 5.75 Å². The van der Waals surface area contributed by atoms with Gasteiger partial charge in [0.1, 0.15) is 11.8 Å². The third-order valence-electron chi connectivity index (χ3n) is 4.77. The van der Waals surface area contributed by atoms with Crippen molar-refractivity contribution in [2.75, 3.05) is 38.3 Å². The first-order valence-corrected chi connectivity index (χ1v) is 8.29. The molecule has 6 heteroatoms. The molecule has 2 amide bonds. The van der Waals surface area contributed by atoms with E-state index in [9.17, 15) is 9.59 Å². The van der Waals surface area contributed by atoms with E-state index in [2.05, 4.69) is 0 Å². The summed E-state index contributed by atoms with van der Waals surface area (Å²) in [6.07, 6.45) is 0.500. The highest BCUT2D eigenvalue weighted by Crippen LogP contribution is 2.42. The molecule has 0 saturated carbocycles. The minimum Gasteiger partial charge on any atom is -0.495 e. The molecule has 2 heterocycles. The molecule has 0 radical (unpaired) electrons. The van der Waals surface area contributed by atoms with Gasteiger partial charge in [0.15, 0.2) is 0 Å². The lowest BCUT2D eigenvalue weighted by Crippen LogP contribution is -2.50. The van der Waals surface area contributed by atoms with E-state index in [1.807, 2.05) is 38.1 Å². The van der Waals surface area contributed by atoms with Crippen LogP contribution in [0.5, 0.6) is 5.75 Å². The zero-order valence-corrected chi connectivity index (χ0v) is 14.4. The van der Waals surface area contributed by atoms with Crippen molar-refractivity contribution in [2.24, 2.45) is 5.41 Å². The maximum absolute atomic E-state index is 13.1. The molecule has 0 aromatic heterocycles. The Morgan fingerprint density at radius 1 is 1.25 bits per heavy atom. The van der Waals surface area contributed by atoms with E-state index < -0.39 is 11.5 Å². The molecule has 0 bridgehead atoms. The number of para-hydroxylation sites is 2. The molecule has 2 saturated heterocycles. The maximum Gasteiger partial charge on any atom is 0.245 e. The third kappa shape index (κ3) is 2.86. The van der Waals surface area contributed by atoms with Crippen LogP contribution in [0.25, 0.3) is 0 Å². The van der Waals surface area contributed by atoms with Gasteiger partial charge in [-0.15, -0.1) is 0 Å². The zero-order chi connectivity index (χ0) is 17.3. The minimum atomic E-state index is -0.576. The van der Waals surface area contributed by atoms with Crippen LogP contribution >= 0.6 is 0 Å². The monoisotopic (exact) mass is 332 g/mol. The summed E-state index contributed by atoms with van der Waals surface area (Å²) in [6, 6.07) is 6.85. The highest BCUT2D eigenvalue weighted by molar-refractivity contribution is 6.07. The van der Waals surface area contributed by atoms with Crippen LogP contribution in [-0.2, 0) is 14.3 Å². The molecule has 24 heavy (non-hydrogen) atoms. The lowest BCUT2D eigenvalue weighted by Gasteiger charge is -2.32. The van der Waals surface area contributed by atoms with Crippen LogP contribution in [-0.4, -0.2) is 56.2 Å². The Balaban J connectivity index is 1.96. The largest absolute Gasteiger partial charge is 0.495 e. The summed E-state index contributed by atoms with van der Waals surface area (Å²) >= 11 is 0. The molecule has 0 aliphatic carbocycles. The number of morpholine rings is 1. The summed E-state index contributed by atoms with van der Waals surface area (Å²) in [5.41, 5.74) is 0.0789. The number of hydrogen-bond acceptors (Lipinski definition) is 4. The number of carbonyl (C=O) groups is 2. The minimum absolute atomic E-state index is 0.0110. The SMILES string of the molecule is COc1ccccc1N1C(=O)C(C)(C)CC1C(=O)N1CCOCC1. The summed E-state index contributed by atoms with van der Waals surface area (Å²) < 4.78 is 10.7. The molecule has 0 N–H and O–H groups in total. The number of carbonyl (C=O) groups excluding carboxylic acids is 2. The second kappa shape index (κ2) is 6.43. The molecule has 2 aliphatic heterocycles. The lowest BCUT2D eigenvalue weighted by molar-refractivity contribution is -0.137. The predicted octanol–water partition coefficient (Wildman–Crippen LogP) is 1.69. The normalized spacial score (nSPS) is 23.5. The van der Waals surface area contributed by atoms with Gasteiger partial charge in [0.25, 0.3) is 0 Å². The van der Waals surface area contributed by atoms with Gasteiger partial charge in [-0.3, -0.25) is 14.5 Å². The standard InChI is InChI=1S/C18H24N2O4/c1-18(2)12-14(16(21)19-8-10-24-11-9-19)20(17(18)22)13-6-4-5-7-15(13)23-3/h4-7,14H,8-12H2,1-3H3. The number of benzene rings is 1. The van der Waals surface area contributed by atoms with Crippen LogP contribution in [0, 0.1) is 5.41 Å². The van der Waals surface area contributed by atoms with Gasteiger partial charge in [0.05, 0.1) is 26.0 Å². The van der Waals surface area contributed by atoms with Crippen molar-refractivity contribution in [3.05, 3.63) is 24.3 Å². The fourth-order valence-electron chi connectivity index (χ4n) is 3.43. The smallest absolute Gasteiger partial charge is 0.245 e. The molecule has 1 atom stereocenters. The second-order valence-corrected chi connectivity index (χ2v) is 6.89. The molecule has 1 aromatic rings. The molecule has 3 rings (SSSR count). The Labute approximate surface area is 142 Å². The summed E-state index contributed by atoms with van der Waals surface area (Å²) in [4.78, 5) is 29.4. The van der Waals surface area contributed by atoms with Gasteiger partial charge in [-0.1, -0.05) is 26.0 Å². The molecular formula is C18H24N2O4. The van der Waals surface area contributed by atoms with Crippen LogP contribution in [0.4, 0.5) is 5.69 Å². The molecule has 2 aliphatic rings. The van der Waals surface area contributed by atoms with Gasteiger partial charge in [0, 0.05) is 18.5 Å². The van der Waals surface area contributed by atoms with E-state index in [0.29, 0.717) is 44.2 Å². The molecule has 6 nitrogen and oxygen atoms in total. The average molecular weight is 332 g/mol. The number of hydrogen-bond donors (Lipinski definition) is 0. The van der Waals surface area contributed by atoms with Crippen molar-refractivity contribution in [2.45, 2.75) is 26.3 Å². The van der Waals surface area contributed by atoms with Crippen LogP contribution < -0.4 is 9.64 Å². The van der Waals surface area contributed by atoms with Gasteiger partial charge in [-0.25, -0.2) is 0 Å². The first-order valence-electron chi connectivity index (χ1n) is 8.29. The first kappa shape index (κ1) is 16.8. The number of anilines is 1. The molecule has 130 valence electrons. The van der Waals surface area contributed by atoms with E-state index in [0.717, 1.165) is 0 Å². The molecule has 1 unspecified atom stereocenters. The number of nitrogens with zero attached hydrogens (tertiary/aromatic N) is 2. The maximum atomic E-state index is 13.1. The quantitative estimate of drug-likeness (QED) is 0.845. The van der Waals surface area contributed by atoms with Crippen LogP contribution in [0.15, 0.2) is 24.3 Å². The molecule has 0 spiro atoms. The summed E-state index contributed by atoms with van der Waals surface area (Å²) in [5.74, 6) is 0.546. The van der Waals surface area contributed by atoms with E-state index >= 15 is 0 Å². The summed E-state index contributed by atoms with van der Waals surface area (Å²) in [6.45, 7) is 6.02. The first-order chi connectivity index (χ1) is 11.5. The van der Waals surface area contributed by atoms with Crippen LogP contribution in [0.3, 0.4) is 0 Å². The van der Waals surface area contributed by atoms with E-state index in [-0.39, 0.29) is 11.8 Å². The fourth-order valence-corrected chi connectivity index (χ4v) is 3.43. The third-order valence-corrected chi connectivity index (χ3v) is 4.77. The fraction of sp³-hybridized carbons (Fsp3) is 0.556. The average Bonchev–Trinajstić information content (AvgIpc) is 2.85. The second-order valence-electron chi connectivity index (χ2n) is 6.89. The van der Waals surface area contributed by atoms with Gasteiger partial charge in [-0.2, -0.15) is 0 Å². The van der Waals surface area contributed by atoms with Crippen molar-refractivity contribution in [1.82, 2.24) is 4.90 Å². The van der Waals surface area contributed by atoms with Crippen LogP contribution in [0.2, 0.25) is 0 Å². The Morgan fingerprint density at radius 3 is 2.58 bits per heavy atom. The van der Waals surface area contributed by atoms with E-state index in [1.165, 1.54) is 0 Å². The number of methoxy groups -OCH3 is 1. The van der Waals surface area contributed by atoms with Crippen molar-refractivity contribution < 1.29 is 19.1 Å². The zero-order valence-electron chi connectivity index (χ0n) is 14.4. The van der Waals surface area contributed by atoms with E-state index in [4.69, 9.17) is 9.47 Å². The molecular weight excluding hydrogens is 308 g/mol. The predicted molar refractivity (Wildman–Crippen MR) is 90.1 cm³/mol. The van der Waals surface area contributed by atoms with Crippen molar-refractivity contribution in [3.63, 3.8) is 0 Å². The lowest BCUT2D eigenvalue weighted by atomic mass is 9.89.